The van der Waals surface area contributed by atoms with E-state index < -0.39 is 5.09 Å². The van der Waals surface area contributed by atoms with E-state index in [0.29, 0.717) is 25.0 Å². The van der Waals surface area contributed by atoms with Gasteiger partial charge in [-0.15, -0.1) is 10.1 Å². The summed E-state index contributed by atoms with van der Waals surface area (Å²) in [6.45, 7) is 0.742. The van der Waals surface area contributed by atoms with Gasteiger partial charge in [0.05, 0.1) is 0 Å². The Morgan fingerprint density at radius 3 is 1.83 bits per heavy atom. The number of aliphatic hydroxyl groups is 2. The molecule has 2 aliphatic rings. The Balaban J connectivity index is -0.000000283. The second-order valence-electron chi connectivity index (χ2n) is 5.60. The summed E-state index contributed by atoms with van der Waals surface area (Å²) in [5, 5.41) is 31.2. The van der Waals surface area contributed by atoms with Crippen LogP contribution in [0.1, 0.15) is 51.4 Å². The molecule has 7 heteroatoms. The van der Waals surface area contributed by atoms with Crippen LogP contribution in [0.25, 0.3) is 0 Å². The first-order chi connectivity index (χ1) is 10.6. The van der Waals surface area contributed by atoms with Crippen LogP contribution < -0.4 is 0 Å². The molecule has 0 aliphatic heterocycles. The molecule has 0 amide bonds. The zero-order valence-electron chi connectivity index (χ0n) is 14.4. The van der Waals surface area contributed by atoms with E-state index in [4.69, 9.17) is 25.5 Å². The predicted molar refractivity (Wildman–Crippen MR) is 91.6 cm³/mol. The molecular weight excluding hydrogens is 406 g/mol. The zero-order chi connectivity index (χ0) is 16.6. The summed E-state index contributed by atoms with van der Waals surface area (Å²) in [5.41, 5.74) is 0. The molecule has 0 saturated carbocycles. The molecule has 0 aromatic carbocycles. The summed E-state index contributed by atoms with van der Waals surface area (Å²) in [4.78, 5) is 8.36. The average Bonchev–Trinajstić information content (AvgIpc) is 2.91. The Bertz CT molecular complexity index is 323. The largest absolute Gasteiger partial charge is 1.00 e. The van der Waals surface area contributed by atoms with Crippen molar-refractivity contribution in [2.24, 2.45) is 11.8 Å². The molecule has 2 aliphatic carbocycles. The Labute approximate surface area is 161 Å². The van der Waals surface area contributed by atoms with Gasteiger partial charge in [-0.1, -0.05) is 24.3 Å². The maximum absolute atomic E-state index is 8.79. The first kappa shape index (κ1) is 28.2. The zero-order valence-corrected chi connectivity index (χ0v) is 15.9. The molecule has 0 radical (unpaired) electrons. The molecule has 146 valence electrons. The van der Waals surface area contributed by atoms with Crippen molar-refractivity contribution in [3.05, 3.63) is 41.8 Å². The molecule has 1 unspecified atom stereocenters. The average molecular weight is 438 g/mol. The van der Waals surface area contributed by atoms with Crippen molar-refractivity contribution in [1.29, 1.82) is 0 Å². The van der Waals surface area contributed by atoms with E-state index in [-0.39, 0.29) is 29.8 Å². The molecule has 0 bridgehead atoms. The molecule has 3 N–H and O–H groups in total. The van der Waals surface area contributed by atoms with Gasteiger partial charge >= 0.3 is 22.4 Å². The molecule has 6 nitrogen and oxygen atoms in total. The number of hydrogen-bond donors (Lipinski definition) is 3. The first-order valence-electron chi connectivity index (χ1n) is 7.95. The van der Waals surface area contributed by atoms with Crippen LogP contribution in [0.5, 0.6) is 0 Å². The number of hydrogen-bond acceptors (Lipinski definition) is 4. The SMILES string of the molecule is O=[N+]([O-])O.OCC1CC=CCCC1.OCC1CCC=CCC1.[Ag+].[CH3-]. The molecule has 0 heterocycles. The quantitative estimate of drug-likeness (QED) is 0.201. The second-order valence-corrected chi connectivity index (χ2v) is 5.60. The van der Waals surface area contributed by atoms with Crippen LogP contribution in [0.2, 0.25) is 0 Å². The van der Waals surface area contributed by atoms with Crippen molar-refractivity contribution >= 4 is 0 Å². The molecule has 0 aromatic heterocycles. The van der Waals surface area contributed by atoms with Gasteiger partial charge in [0.25, 0.3) is 5.09 Å². The summed E-state index contributed by atoms with van der Waals surface area (Å²) in [5.74, 6) is 1.11. The normalized spacial score (nSPS) is 19.7. The fraction of sp³-hybridized carbons (Fsp3) is 0.706. The van der Waals surface area contributed by atoms with Crippen molar-refractivity contribution in [2.45, 2.75) is 51.4 Å². The molecule has 0 saturated heterocycles. The van der Waals surface area contributed by atoms with Crippen LogP contribution in [-0.2, 0) is 22.4 Å². The third kappa shape index (κ3) is 19.4. The van der Waals surface area contributed by atoms with Gasteiger partial charge in [-0.25, -0.2) is 0 Å². The van der Waals surface area contributed by atoms with E-state index >= 15 is 0 Å². The minimum absolute atomic E-state index is 0. The Kier molecular flexibility index (Phi) is 23.9. The molecule has 24 heavy (non-hydrogen) atoms. The summed E-state index contributed by atoms with van der Waals surface area (Å²) in [6, 6.07) is 0. The van der Waals surface area contributed by atoms with Gasteiger partial charge < -0.3 is 22.8 Å². The van der Waals surface area contributed by atoms with Crippen molar-refractivity contribution in [2.75, 3.05) is 13.2 Å². The fourth-order valence-electron chi connectivity index (χ4n) is 2.44. The number of nitrogens with zero attached hydrogens (tertiary/aromatic N) is 1. The summed E-state index contributed by atoms with van der Waals surface area (Å²) < 4.78 is 0. The van der Waals surface area contributed by atoms with E-state index in [1.807, 2.05) is 0 Å². The summed E-state index contributed by atoms with van der Waals surface area (Å²) >= 11 is 0. The maximum Gasteiger partial charge on any atom is 1.00 e. The number of rotatable bonds is 2. The first-order valence-corrected chi connectivity index (χ1v) is 7.95. The van der Waals surface area contributed by atoms with Crippen molar-refractivity contribution in [3.63, 3.8) is 0 Å². The van der Waals surface area contributed by atoms with Crippen molar-refractivity contribution in [3.8, 4) is 0 Å². The molecule has 0 aromatic rings. The third-order valence-corrected chi connectivity index (χ3v) is 3.79. The standard InChI is InChI=1S/2C8H14O.CH3.Ag.HNO3/c2*9-7-8-5-3-1-2-4-6-8;;;2-1(3)4/h1,3,8-9H,2,4-7H2;1-2,8-9H,3-7H2;1H3;;(H,2,3,4)/q;;-1;+1;. The van der Waals surface area contributed by atoms with Gasteiger partial charge in [0.1, 0.15) is 0 Å². The van der Waals surface area contributed by atoms with Crippen molar-refractivity contribution < 1.29 is 42.9 Å². The summed E-state index contributed by atoms with van der Waals surface area (Å²) in [7, 11) is 0. The van der Waals surface area contributed by atoms with E-state index in [2.05, 4.69) is 24.3 Å². The molecule has 0 fully saturated rings. The maximum atomic E-state index is 8.79. The monoisotopic (exact) mass is 437 g/mol. The molecule has 2 rings (SSSR count). The van der Waals surface area contributed by atoms with Gasteiger partial charge in [-0.2, -0.15) is 0 Å². The van der Waals surface area contributed by atoms with Gasteiger partial charge in [0, 0.05) is 13.2 Å². The Morgan fingerprint density at radius 1 is 0.917 bits per heavy atom. The van der Waals surface area contributed by atoms with E-state index in [9.17, 15) is 0 Å². The van der Waals surface area contributed by atoms with Gasteiger partial charge in [0.15, 0.2) is 0 Å². The minimum atomic E-state index is -1.50. The smallest absolute Gasteiger partial charge is 0.396 e. The number of allylic oxidation sites excluding steroid dienone is 4. The van der Waals surface area contributed by atoms with Crippen LogP contribution in [-0.4, -0.2) is 33.7 Å². The number of aliphatic hydroxyl groups excluding tert-OH is 2. The molecule has 0 spiro atoms. The van der Waals surface area contributed by atoms with E-state index in [1.165, 1.54) is 32.1 Å². The minimum Gasteiger partial charge on any atom is -0.396 e. The van der Waals surface area contributed by atoms with E-state index in [0.717, 1.165) is 19.3 Å². The Morgan fingerprint density at radius 2 is 1.38 bits per heavy atom. The Hall–Kier alpha value is -0.660. The van der Waals surface area contributed by atoms with Crippen LogP contribution >= 0.6 is 0 Å². The van der Waals surface area contributed by atoms with Crippen LogP contribution in [0.15, 0.2) is 24.3 Å². The second kappa shape index (κ2) is 20.4. The van der Waals surface area contributed by atoms with Crippen LogP contribution in [0.4, 0.5) is 0 Å². The van der Waals surface area contributed by atoms with Gasteiger partial charge in [-0.05, 0) is 63.2 Å². The predicted octanol–water partition coefficient (Wildman–Crippen LogP) is 3.55. The van der Waals surface area contributed by atoms with Gasteiger partial charge in [-0.3, -0.25) is 0 Å². The van der Waals surface area contributed by atoms with Crippen LogP contribution in [0.3, 0.4) is 0 Å². The molecular formula is C17H32AgNO5. The topological polar surface area (TPSA) is 104 Å². The van der Waals surface area contributed by atoms with Crippen LogP contribution in [0, 0.1) is 29.4 Å². The molecule has 1 atom stereocenters. The van der Waals surface area contributed by atoms with E-state index in [1.54, 1.807) is 0 Å². The summed E-state index contributed by atoms with van der Waals surface area (Å²) in [6.07, 6.45) is 18.2. The van der Waals surface area contributed by atoms with Crippen molar-refractivity contribution in [1.82, 2.24) is 0 Å². The van der Waals surface area contributed by atoms with Gasteiger partial charge in [0.2, 0.25) is 0 Å². The third-order valence-electron chi connectivity index (χ3n) is 3.79. The fourth-order valence-corrected chi connectivity index (χ4v) is 2.44.